The molecule has 0 N–H and O–H groups in total. The van der Waals surface area contributed by atoms with Crippen molar-refractivity contribution < 1.29 is 9.37 Å². The van der Waals surface area contributed by atoms with Crippen molar-refractivity contribution in [3.8, 4) is 0 Å². The zero-order chi connectivity index (χ0) is 17.6. The van der Waals surface area contributed by atoms with Crippen molar-refractivity contribution in [1.29, 1.82) is 0 Å². The first-order valence-electron chi connectivity index (χ1n) is 11.0. The van der Waals surface area contributed by atoms with Gasteiger partial charge in [0.1, 0.15) is 11.4 Å². The fourth-order valence-corrected chi connectivity index (χ4v) is 8.69. The second-order valence-electron chi connectivity index (χ2n) is 10.6. The number of aromatic nitrogens is 2. The van der Waals surface area contributed by atoms with E-state index < -0.39 is 0 Å². The van der Waals surface area contributed by atoms with Crippen molar-refractivity contribution in [3.63, 3.8) is 0 Å². The van der Waals surface area contributed by atoms with Gasteiger partial charge < -0.3 is 4.74 Å². The number of fused-ring (bicyclic) bond motifs is 7. The van der Waals surface area contributed by atoms with Gasteiger partial charge in [-0.05, 0) is 92.3 Å². The third-order valence-electron chi connectivity index (χ3n) is 10.1. The monoisotopic (exact) mass is 356 g/mol. The Morgan fingerprint density at radius 1 is 0.923 bits per heavy atom. The molecule has 5 aliphatic rings. The summed E-state index contributed by atoms with van der Waals surface area (Å²) in [5.74, 6) is 3.38. The summed E-state index contributed by atoms with van der Waals surface area (Å²) in [4.78, 5) is 0. The Labute approximate surface area is 156 Å². The van der Waals surface area contributed by atoms with Crippen molar-refractivity contribution in [2.75, 3.05) is 6.61 Å². The van der Waals surface area contributed by atoms with Crippen LogP contribution in [0.3, 0.4) is 0 Å². The predicted molar refractivity (Wildman–Crippen MR) is 97.5 cm³/mol. The molecule has 4 nitrogen and oxygen atoms in total. The molecule has 6 rings (SSSR count). The highest BCUT2D eigenvalue weighted by Crippen LogP contribution is 2.69. The van der Waals surface area contributed by atoms with E-state index in [1.165, 1.54) is 51.4 Å². The van der Waals surface area contributed by atoms with E-state index in [1.807, 2.05) is 0 Å². The summed E-state index contributed by atoms with van der Waals surface area (Å²) in [5, 5.41) is 8.46. The minimum absolute atomic E-state index is 0.218. The molecule has 4 fully saturated rings. The van der Waals surface area contributed by atoms with Crippen LogP contribution in [-0.4, -0.2) is 22.5 Å². The molecule has 3 saturated carbocycles. The Kier molecular flexibility index (Phi) is 3.17. The summed E-state index contributed by atoms with van der Waals surface area (Å²) in [7, 11) is 0. The number of ether oxygens (including phenoxy) is 1. The molecule has 4 aliphatic carbocycles. The highest BCUT2D eigenvalue weighted by Gasteiger charge is 2.66. The second kappa shape index (κ2) is 5.12. The quantitative estimate of drug-likeness (QED) is 0.683. The number of nitrogens with zero attached hydrogens (tertiary/aromatic N) is 2. The van der Waals surface area contributed by atoms with E-state index in [4.69, 9.17) is 9.37 Å². The van der Waals surface area contributed by atoms with Crippen LogP contribution < -0.4 is 0 Å². The molecule has 0 amide bonds. The van der Waals surface area contributed by atoms with Crippen molar-refractivity contribution in [2.45, 2.75) is 83.7 Å². The fraction of sp³-hybridized carbons (Fsp3) is 0.909. The van der Waals surface area contributed by atoms with Crippen molar-refractivity contribution in [2.24, 2.45) is 34.5 Å². The van der Waals surface area contributed by atoms with Crippen LogP contribution in [0.1, 0.15) is 76.6 Å². The zero-order valence-corrected chi connectivity index (χ0v) is 16.3. The van der Waals surface area contributed by atoms with Crippen LogP contribution in [0, 0.1) is 34.5 Å². The van der Waals surface area contributed by atoms with Gasteiger partial charge in [0.15, 0.2) is 0 Å². The Morgan fingerprint density at radius 3 is 2.62 bits per heavy atom. The van der Waals surface area contributed by atoms with Gasteiger partial charge in [-0.2, -0.15) is 0 Å². The SMILES string of the molecule is CC12Cc3nonc3CC1CCC1C2CCC2(C)C1CC[C@@]21CCCO1. The lowest BCUT2D eigenvalue weighted by Crippen LogP contribution is -2.57. The summed E-state index contributed by atoms with van der Waals surface area (Å²) in [6.45, 7) is 6.17. The number of hydrogen-bond donors (Lipinski definition) is 0. The molecule has 7 atom stereocenters. The van der Waals surface area contributed by atoms with Gasteiger partial charge in [0.25, 0.3) is 0 Å². The van der Waals surface area contributed by atoms with Gasteiger partial charge in [-0.1, -0.05) is 24.2 Å². The zero-order valence-electron chi connectivity index (χ0n) is 16.3. The van der Waals surface area contributed by atoms with Gasteiger partial charge in [0.05, 0.1) is 5.60 Å². The third-order valence-corrected chi connectivity index (χ3v) is 10.1. The lowest BCUT2D eigenvalue weighted by atomic mass is 9.44. The second-order valence-corrected chi connectivity index (χ2v) is 10.6. The maximum Gasteiger partial charge on any atom is 0.108 e. The molecule has 1 spiro atoms. The van der Waals surface area contributed by atoms with Crippen LogP contribution in [0.2, 0.25) is 0 Å². The highest BCUT2D eigenvalue weighted by molar-refractivity contribution is 5.22. The van der Waals surface area contributed by atoms with E-state index in [0.29, 0.717) is 10.8 Å². The van der Waals surface area contributed by atoms with Crippen LogP contribution in [0.15, 0.2) is 4.63 Å². The van der Waals surface area contributed by atoms with E-state index in [-0.39, 0.29) is 5.60 Å². The number of hydrogen-bond acceptors (Lipinski definition) is 4. The summed E-state index contributed by atoms with van der Waals surface area (Å²) >= 11 is 0. The van der Waals surface area contributed by atoms with Crippen LogP contribution in [0.4, 0.5) is 0 Å². The van der Waals surface area contributed by atoms with Crippen molar-refractivity contribution in [3.05, 3.63) is 11.4 Å². The van der Waals surface area contributed by atoms with Gasteiger partial charge >= 0.3 is 0 Å². The van der Waals surface area contributed by atoms with Gasteiger partial charge in [-0.3, -0.25) is 0 Å². The summed E-state index contributed by atoms with van der Waals surface area (Å²) in [6, 6.07) is 0. The first-order valence-corrected chi connectivity index (χ1v) is 11.0. The maximum atomic E-state index is 6.49. The van der Waals surface area contributed by atoms with Crippen LogP contribution in [0.5, 0.6) is 0 Å². The number of rotatable bonds is 0. The standard InChI is InChI=1S/C22H32N2O2/c1-20-13-19-18(23-26-24-19)12-14(20)4-5-15-16(20)6-9-21(2)17(15)7-10-22(21)8-3-11-25-22/h14-17H,3-13H2,1-2H3/t14?,15?,16?,17?,20?,21?,22-/m0/s1. The molecule has 0 bridgehead atoms. The third kappa shape index (κ3) is 1.80. The summed E-state index contributed by atoms with van der Waals surface area (Å²) in [5.41, 5.74) is 3.33. The van der Waals surface area contributed by atoms with Crippen LogP contribution in [-0.2, 0) is 17.6 Å². The highest BCUT2D eigenvalue weighted by atomic mass is 16.6. The van der Waals surface area contributed by atoms with E-state index in [2.05, 4.69) is 24.2 Å². The minimum atomic E-state index is 0.218. The molecule has 0 aromatic carbocycles. The topological polar surface area (TPSA) is 48.2 Å². The van der Waals surface area contributed by atoms with E-state index in [0.717, 1.165) is 54.5 Å². The van der Waals surface area contributed by atoms with E-state index in [1.54, 1.807) is 0 Å². The largest absolute Gasteiger partial charge is 0.374 e. The first-order chi connectivity index (χ1) is 12.6. The van der Waals surface area contributed by atoms with Gasteiger partial charge in [-0.25, -0.2) is 4.63 Å². The molecular formula is C22H32N2O2. The molecule has 1 aliphatic heterocycles. The van der Waals surface area contributed by atoms with Gasteiger partial charge in [0, 0.05) is 13.0 Å². The molecule has 6 unspecified atom stereocenters. The minimum Gasteiger partial charge on any atom is -0.374 e. The average molecular weight is 357 g/mol. The molecule has 1 aromatic heterocycles. The molecule has 1 aromatic rings. The Hall–Kier alpha value is -0.900. The van der Waals surface area contributed by atoms with Crippen molar-refractivity contribution in [1.82, 2.24) is 10.3 Å². The van der Waals surface area contributed by atoms with Gasteiger partial charge in [0.2, 0.25) is 0 Å². The van der Waals surface area contributed by atoms with Gasteiger partial charge in [-0.15, -0.1) is 0 Å². The van der Waals surface area contributed by atoms with Crippen molar-refractivity contribution >= 4 is 0 Å². The van der Waals surface area contributed by atoms with E-state index in [9.17, 15) is 0 Å². The fourth-order valence-electron chi connectivity index (χ4n) is 8.69. The Bertz CT molecular complexity index is 723. The lowest BCUT2D eigenvalue weighted by Gasteiger charge is -2.60. The molecular weight excluding hydrogens is 324 g/mol. The molecule has 26 heavy (non-hydrogen) atoms. The molecule has 1 saturated heterocycles. The summed E-state index contributed by atoms with van der Waals surface area (Å²) < 4.78 is 11.6. The smallest absolute Gasteiger partial charge is 0.108 e. The average Bonchev–Trinajstić information content (AvgIpc) is 3.33. The summed E-state index contributed by atoms with van der Waals surface area (Å²) in [6.07, 6.45) is 13.0. The molecule has 2 heterocycles. The molecule has 142 valence electrons. The molecule has 0 radical (unpaired) electrons. The normalized spacial score (nSPS) is 52.4. The van der Waals surface area contributed by atoms with Crippen LogP contribution in [0.25, 0.3) is 0 Å². The Morgan fingerprint density at radius 2 is 1.77 bits per heavy atom. The lowest BCUT2D eigenvalue weighted by molar-refractivity contribution is -0.151. The Balaban J connectivity index is 1.35. The van der Waals surface area contributed by atoms with Crippen LogP contribution >= 0.6 is 0 Å². The first kappa shape index (κ1) is 16.1. The molecule has 4 heteroatoms. The van der Waals surface area contributed by atoms with E-state index >= 15 is 0 Å². The predicted octanol–water partition coefficient (Wildman–Crippen LogP) is 4.58. The maximum absolute atomic E-state index is 6.49.